The number of aromatic nitrogens is 5. The van der Waals surface area contributed by atoms with E-state index in [1.54, 1.807) is 10.9 Å². The molecule has 6 rings (SSSR count). The number of carbonyl (C=O) groups excluding carboxylic acids is 1. The first-order valence-electron chi connectivity index (χ1n) is 11.8. The van der Waals surface area contributed by atoms with E-state index in [-0.39, 0.29) is 11.9 Å². The van der Waals surface area contributed by atoms with Gasteiger partial charge in [-0.2, -0.15) is 14.9 Å². The van der Waals surface area contributed by atoms with Crippen molar-refractivity contribution >= 4 is 22.8 Å². The number of pyridine rings is 1. The Kier molecular flexibility index (Phi) is 5.26. The Balaban J connectivity index is 1.43. The van der Waals surface area contributed by atoms with Crippen LogP contribution in [0.2, 0.25) is 0 Å². The molecule has 0 radical (unpaired) electrons. The first-order chi connectivity index (χ1) is 16.7. The third-order valence-corrected chi connectivity index (χ3v) is 6.85. The minimum absolute atomic E-state index is 0.144. The number of amides is 1. The summed E-state index contributed by atoms with van der Waals surface area (Å²) in [6.45, 7) is 5.02. The number of morpholine rings is 1. The highest BCUT2D eigenvalue weighted by Gasteiger charge is 2.24. The molecule has 1 aromatic carbocycles. The number of nitrogens with zero attached hydrogens (tertiary/aromatic N) is 5. The quantitative estimate of drug-likeness (QED) is 0.489. The maximum absolute atomic E-state index is 11.5. The fourth-order valence-corrected chi connectivity index (χ4v) is 4.93. The second kappa shape index (κ2) is 8.57. The molecule has 34 heavy (non-hydrogen) atoms. The molecule has 2 saturated heterocycles. The zero-order chi connectivity index (χ0) is 23.1. The number of nitrogens with one attached hydrogen (secondary N) is 2. The summed E-state index contributed by atoms with van der Waals surface area (Å²) < 4.78 is 7.43. The summed E-state index contributed by atoms with van der Waals surface area (Å²) in [7, 11) is 0. The number of aromatic amines is 1. The molecule has 0 aliphatic carbocycles. The molecule has 0 spiro atoms. The molecule has 1 amide bonds. The summed E-state index contributed by atoms with van der Waals surface area (Å²) in [5.74, 6) is 2.12. The van der Waals surface area contributed by atoms with Crippen molar-refractivity contribution in [3.8, 4) is 16.9 Å². The number of carbonyl (C=O) groups is 1. The van der Waals surface area contributed by atoms with E-state index in [2.05, 4.69) is 62.8 Å². The van der Waals surface area contributed by atoms with Crippen LogP contribution in [-0.4, -0.2) is 63.2 Å². The van der Waals surface area contributed by atoms with Gasteiger partial charge in [-0.25, -0.2) is 4.98 Å². The number of ether oxygens (including phenoxy) is 1. The Hall–Kier alpha value is -3.72. The van der Waals surface area contributed by atoms with Crippen LogP contribution in [0.4, 0.5) is 5.82 Å². The lowest BCUT2D eigenvalue weighted by Crippen LogP contribution is -2.44. The Morgan fingerprint density at radius 1 is 1.15 bits per heavy atom. The Morgan fingerprint density at radius 2 is 2.03 bits per heavy atom. The minimum Gasteiger partial charge on any atom is -0.377 e. The van der Waals surface area contributed by atoms with Gasteiger partial charge in [-0.15, -0.1) is 0 Å². The zero-order valence-electron chi connectivity index (χ0n) is 19.1. The summed E-state index contributed by atoms with van der Waals surface area (Å²) in [5.41, 5.74) is 4.23. The topological polar surface area (TPSA) is 101 Å². The minimum atomic E-state index is 0.144. The number of benzene rings is 1. The first-order valence-corrected chi connectivity index (χ1v) is 11.8. The maximum Gasteiger partial charge on any atom is 0.220 e. The van der Waals surface area contributed by atoms with Crippen LogP contribution >= 0.6 is 0 Å². The van der Waals surface area contributed by atoms with Gasteiger partial charge in [0.1, 0.15) is 5.82 Å². The third kappa shape index (κ3) is 3.71. The number of H-pyrrole nitrogens is 1. The number of hydrogen-bond acceptors (Lipinski definition) is 6. The highest BCUT2D eigenvalue weighted by molar-refractivity contribution is 5.95. The lowest BCUT2D eigenvalue weighted by molar-refractivity contribution is -0.122. The summed E-state index contributed by atoms with van der Waals surface area (Å²) in [5, 5.41) is 15.7. The smallest absolute Gasteiger partial charge is 0.220 e. The van der Waals surface area contributed by atoms with Crippen LogP contribution in [0.5, 0.6) is 0 Å². The molecule has 0 saturated carbocycles. The second-order valence-corrected chi connectivity index (χ2v) is 9.03. The van der Waals surface area contributed by atoms with E-state index in [1.165, 1.54) is 5.56 Å². The van der Waals surface area contributed by atoms with E-state index in [0.717, 1.165) is 40.9 Å². The predicted octanol–water partition coefficient (Wildman–Crippen LogP) is 3.03. The molecular formula is C25H27N7O2. The van der Waals surface area contributed by atoms with Crippen molar-refractivity contribution in [2.24, 2.45) is 0 Å². The van der Waals surface area contributed by atoms with Crippen molar-refractivity contribution in [3.63, 3.8) is 0 Å². The Morgan fingerprint density at radius 3 is 2.76 bits per heavy atom. The van der Waals surface area contributed by atoms with Crippen LogP contribution in [0.1, 0.15) is 31.2 Å². The van der Waals surface area contributed by atoms with Gasteiger partial charge < -0.3 is 15.0 Å². The van der Waals surface area contributed by atoms with E-state index in [9.17, 15) is 4.79 Å². The molecule has 1 unspecified atom stereocenters. The van der Waals surface area contributed by atoms with Gasteiger partial charge in [0.2, 0.25) is 5.91 Å². The standard InChI is InChI=1S/C25H27N7O2/c1-16-15-34-11-10-31(16)23-12-20(21-14-28-32(25(21)29-23)22-8-9-27-30-22)18-4-2-17(3-5-18)19-6-7-24(33)26-13-19/h2-5,8-9,12,14,16,19H,6-7,10-11,13,15H2,1H3,(H,26,33)(H,27,30)/t16-,19?/m1/s1. The number of fused-ring (bicyclic) bond motifs is 1. The molecule has 2 fully saturated rings. The molecule has 5 heterocycles. The van der Waals surface area contributed by atoms with Crippen LogP contribution in [0, 0.1) is 0 Å². The van der Waals surface area contributed by atoms with Gasteiger partial charge in [0.15, 0.2) is 11.5 Å². The van der Waals surface area contributed by atoms with Gasteiger partial charge in [0.25, 0.3) is 0 Å². The van der Waals surface area contributed by atoms with Crippen molar-refractivity contribution < 1.29 is 9.53 Å². The SMILES string of the molecule is C[C@@H]1COCCN1c1cc(-c2ccc(C3CCC(=O)NC3)cc2)c2cnn(-c3cc[nH]n3)c2n1. The average Bonchev–Trinajstić information content (AvgIpc) is 3.54. The van der Waals surface area contributed by atoms with Crippen molar-refractivity contribution in [1.82, 2.24) is 30.3 Å². The molecule has 0 bridgehead atoms. The van der Waals surface area contributed by atoms with E-state index in [1.807, 2.05) is 12.3 Å². The van der Waals surface area contributed by atoms with Gasteiger partial charge in [-0.1, -0.05) is 24.3 Å². The van der Waals surface area contributed by atoms with E-state index < -0.39 is 0 Å². The van der Waals surface area contributed by atoms with Crippen LogP contribution in [0.25, 0.3) is 28.0 Å². The first kappa shape index (κ1) is 20.9. The van der Waals surface area contributed by atoms with E-state index in [4.69, 9.17) is 9.72 Å². The van der Waals surface area contributed by atoms with Crippen molar-refractivity contribution in [2.75, 3.05) is 31.2 Å². The highest BCUT2D eigenvalue weighted by Crippen LogP contribution is 2.34. The second-order valence-electron chi connectivity index (χ2n) is 9.03. The van der Waals surface area contributed by atoms with Crippen molar-refractivity contribution in [2.45, 2.75) is 31.7 Å². The molecule has 2 atom stereocenters. The molecule has 174 valence electrons. The van der Waals surface area contributed by atoms with Gasteiger partial charge >= 0.3 is 0 Å². The molecule has 9 heteroatoms. The van der Waals surface area contributed by atoms with Crippen LogP contribution in [-0.2, 0) is 9.53 Å². The van der Waals surface area contributed by atoms with E-state index >= 15 is 0 Å². The molecule has 3 aromatic heterocycles. The summed E-state index contributed by atoms with van der Waals surface area (Å²) >= 11 is 0. The molecule has 2 aliphatic rings. The monoisotopic (exact) mass is 457 g/mol. The largest absolute Gasteiger partial charge is 0.377 e. The number of piperidine rings is 1. The number of rotatable bonds is 4. The normalized spacial score (nSPS) is 21.1. The predicted molar refractivity (Wildman–Crippen MR) is 129 cm³/mol. The van der Waals surface area contributed by atoms with Crippen LogP contribution in [0.15, 0.2) is 48.8 Å². The summed E-state index contributed by atoms with van der Waals surface area (Å²) in [4.78, 5) is 18.9. The number of hydrogen-bond donors (Lipinski definition) is 2. The fraction of sp³-hybridized carbons (Fsp3) is 0.360. The number of anilines is 1. The summed E-state index contributed by atoms with van der Waals surface area (Å²) in [6, 6.07) is 13.0. The van der Waals surface area contributed by atoms with E-state index in [0.29, 0.717) is 37.9 Å². The molecule has 2 aliphatic heterocycles. The van der Waals surface area contributed by atoms with Gasteiger partial charge in [0, 0.05) is 43.1 Å². The van der Waals surface area contributed by atoms with Gasteiger partial charge in [0.05, 0.1) is 25.5 Å². The van der Waals surface area contributed by atoms with Gasteiger partial charge in [-0.05, 0) is 36.1 Å². The average molecular weight is 458 g/mol. The molecular weight excluding hydrogens is 430 g/mol. The van der Waals surface area contributed by atoms with Crippen LogP contribution in [0.3, 0.4) is 0 Å². The van der Waals surface area contributed by atoms with Gasteiger partial charge in [-0.3, -0.25) is 9.89 Å². The van der Waals surface area contributed by atoms with Crippen molar-refractivity contribution in [1.29, 1.82) is 0 Å². The summed E-state index contributed by atoms with van der Waals surface area (Å²) in [6.07, 6.45) is 5.12. The zero-order valence-corrected chi connectivity index (χ0v) is 19.1. The van der Waals surface area contributed by atoms with Crippen molar-refractivity contribution in [3.05, 3.63) is 54.4 Å². The Labute approximate surface area is 197 Å². The lowest BCUT2D eigenvalue weighted by Gasteiger charge is -2.34. The Bertz CT molecular complexity index is 1300. The van der Waals surface area contributed by atoms with Crippen LogP contribution < -0.4 is 10.2 Å². The fourth-order valence-electron chi connectivity index (χ4n) is 4.93. The molecule has 9 nitrogen and oxygen atoms in total. The molecule has 4 aromatic rings. The highest BCUT2D eigenvalue weighted by atomic mass is 16.5. The lowest BCUT2D eigenvalue weighted by atomic mass is 9.90. The molecule has 2 N–H and O–H groups in total. The maximum atomic E-state index is 11.5. The third-order valence-electron chi connectivity index (χ3n) is 6.85.